The molecule has 1 radical (unpaired) electrons. The molecule has 0 saturated heterocycles. The third-order valence-corrected chi connectivity index (χ3v) is 0. The zero-order valence-electron chi connectivity index (χ0n) is 5.27. The van der Waals surface area contributed by atoms with Crippen LogP contribution in [0.25, 0.3) is 0 Å². The van der Waals surface area contributed by atoms with Crippen molar-refractivity contribution in [1.82, 2.24) is 0 Å². The molecule has 3 N–H and O–H groups in total. The molecule has 0 spiro atoms. The summed E-state index contributed by atoms with van der Waals surface area (Å²) in [5.74, 6) is 0. The van der Waals surface area contributed by atoms with E-state index in [1.165, 1.54) is 0 Å². The average Bonchev–Trinajstić information content (AvgIpc) is 0.722. The summed E-state index contributed by atoms with van der Waals surface area (Å²) in [4.78, 5) is 21.6. The second-order valence-corrected chi connectivity index (χ2v) is 1.54. The van der Waals surface area contributed by atoms with E-state index in [4.69, 9.17) is 19.2 Å². The molecule has 0 bridgehead atoms. The van der Waals surface area contributed by atoms with Gasteiger partial charge in [-0.3, -0.25) is 0 Å². The van der Waals surface area contributed by atoms with Crippen LogP contribution in [0.2, 0.25) is 0 Å². The van der Waals surface area contributed by atoms with Gasteiger partial charge in [-0.15, -0.1) is 0 Å². The molecule has 0 aromatic rings. The van der Waals surface area contributed by atoms with Crippen molar-refractivity contribution in [2.45, 2.75) is 0 Å². The minimum atomic E-state index is -4.64. The number of rotatable bonds is 0. The summed E-state index contributed by atoms with van der Waals surface area (Å²) in [7, 11) is -4.64. The summed E-state index contributed by atoms with van der Waals surface area (Å²) in [5.41, 5.74) is 0. The fraction of sp³-hybridized carbons (Fsp3) is 0. The first-order chi connectivity index (χ1) is 2.00. The SMILES string of the molecule is O=P(O)(O)O.[H-].[Li+].[Ti].[Y]. The Morgan fingerprint density at radius 3 is 1.25 bits per heavy atom. The maximum Gasteiger partial charge on any atom is 1.00 e. The Hall–Kier alpha value is 2.53. The molecule has 0 fully saturated rings. The molecule has 0 aliphatic heterocycles. The molecule has 8 heavy (non-hydrogen) atoms. The first-order valence-corrected chi connectivity index (χ1v) is 2.35. The second-order valence-electron chi connectivity index (χ2n) is 0.513. The number of hydrogen-bond acceptors (Lipinski definition) is 1. The first kappa shape index (κ1) is 22.4. The smallest absolute Gasteiger partial charge is 1.00 e. The van der Waals surface area contributed by atoms with Gasteiger partial charge in [0.05, 0.1) is 0 Å². The van der Waals surface area contributed by atoms with Crippen molar-refractivity contribution in [1.29, 1.82) is 0 Å². The van der Waals surface area contributed by atoms with Crippen LogP contribution in [0.1, 0.15) is 1.43 Å². The molecule has 0 amide bonds. The maximum absolute atomic E-state index is 8.88. The van der Waals surface area contributed by atoms with E-state index in [-0.39, 0.29) is 74.7 Å². The molecular weight excluding hydrogens is 239 g/mol. The maximum atomic E-state index is 8.88. The fourth-order valence-corrected chi connectivity index (χ4v) is 0. The predicted molar refractivity (Wildman–Crippen MR) is 15.4 cm³/mol. The summed E-state index contributed by atoms with van der Waals surface area (Å²) < 4.78 is 8.88. The van der Waals surface area contributed by atoms with Crippen molar-refractivity contribution in [2.75, 3.05) is 0 Å². The molecule has 0 aromatic carbocycles. The van der Waals surface area contributed by atoms with E-state index in [9.17, 15) is 0 Å². The van der Waals surface area contributed by atoms with Crippen LogP contribution in [-0.4, -0.2) is 14.7 Å². The molecule has 0 aliphatic rings. The second kappa shape index (κ2) is 9.53. The van der Waals surface area contributed by atoms with Gasteiger partial charge in [-0.25, -0.2) is 4.57 Å². The molecule has 41 valence electrons. The van der Waals surface area contributed by atoms with Crippen molar-refractivity contribution >= 4 is 7.82 Å². The van der Waals surface area contributed by atoms with Crippen LogP contribution in [0, 0.1) is 0 Å². The molecule has 0 unspecified atom stereocenters. The molecule has 0 rings (SSSR count). The Labute approximate surface area is 100 Å². The number of phosphoric acid groups is 1. The van der Waals surface area contributed by atoms with E-state index < -0.39 is 7.82 Å². The molecule has 4 nitrogen and oxygen atoms in total. The van der Waals surface area contributed by atoms with Crippen molar-refractivity contribution in [2.24, 2.45) is 0 Å². The van der Waals surface area contributed by atoms with Gasteiger partial charge < -0.3 is 16.1 Å². The molecule has 0 aromatic heterocycles. The molecule has 0 heterocycles. The molecule has 0 saturated carbocycles. The van der Waals surface area contributed by atoms with Gasteiger partial charge in [-0.1, -0.05) is 0 Å². The summed E-state index contributed by atoms with van der Waals surface area (Å²) in [6, 6.07) is 0. The fourth-order valence-electron chi connectivity index (χ4n) is 0. The standard InChI is InChI=1S/Li.H3O4P.Ti.Y.H/c;1-5(2,3)4;;;/h;(H3,1,2,3,4);;;/q+1;;;;-1. The van der Waals surface area contributed by atoms with E-state index in [1.807, 2.05) is 0 Å². The molecule has 0 aliphatic carbocycles. The van der Waals surface area contributed by atoms with Gasteiger partial charge in [-0.05, 0) is 0 Å². The van der Waals surface area contributed by atoms with Gasteiger partial charge in [0.25, 0.3) is 0 Å². The normalized spacial score (nSPS) is 7.38. The molecule has 8 heteroatoms. The zero-order valence-corrected chi connectivity index (χ0v) is 9.57. The average molecular weight is 243 g/mol. The minimum absolute atomic E-state index is 0. The van der Waals surface area contributed by atoms with Crippen LogP contribution in [-0.2, 0) is 59.0 Å². The third-order valence-electron chi connectivity index (χ3n) is 0. The summed E-state index contributed by atoms with van der Waals surface area (Å²) in [5, 5.41) is 0. The first-order valence-electron chi connectivity index (χ1n) is 0.783. The van der Waals surface area contributed by atoms with E-state index in [2.05, 4.69) is 0 Å². The molecular formula is H4LiO4PTiY. The quantitative estimate of drug-likeness (QED) is 0.301. The number of hydrogen-bond donors (Lipinski definition) is 3. The van der Waals surface area contributed by atoms with E-state index in [0.29, 0.717) is 0 Å². The Morgan fingerprint density at radius 1 is 1.25 bits per heavy atom. The van der Waals surface area contributed by atoms with Gasteiger partial charge >= 0.3 is 26.7 Å². The van der Waals surface area contributed by atoms with Gasteiger partial charge in [-0.2, -0.15) is 0 Å². The van der Waals surface area contributed by atoms with Crippen molar-refractivity contribution in [3.8, 4) is 0 Å². The van der Waals surface area contributed by atoms with Crippen LogP contribution < -0.4 is 18.9 Å². The summed E-state index contributed by atoms with van der Waals surface area (Å²) in [6.45, 7) is 0. The zero-order chi connectivity index (χ0) is 4.50. The predicted octanol–water partition coefficient (Wildman–Crippen LogP) is -3.82. The Balaban J connectivity index is -0.0000000133. The van der Waals surface area contributed by atoms with Crippen LogP contribution >= 0.6 is 7.82 Å². The van der Waals surface area contributed by atoms with Crippen LogP contribution in [0.3, 0.4) is 0 Å². The molecule has 0 atom stereocenters. The Kier molecular flexibility index (Phi) is 26.7. The van der Waals surface area contributed by atoms with Gasteiger partial charge in [0.1, 0.15) is 0 Å². The third kappa shape index (κ3) is 75.7. The van der Waals surface area contributed by atoms with Gasteiger partial charge in [0.15, 0.2) is 0 Å². The van der Waals surface area contributed by atoms with Crippen LogP contribution in [0.5, 0.6) is 0 Å². The van der Waals surface area contributed by atoms with Crippen LogP contribution in [0.4, 0.5) is 0 Å². The van der Waals surface area contributed by atoms with E-state index >= 15 is 0 Å². The summed E-state index contributed by atoms with van der Waals surface area (Å²) >= 11 is 0. The Morgan fingerprint density at radius 2 is 1.25 bits per heavy atom. The minimum Gasteiger partial charge on any atom is -1.00 e. The van der Waals surface area contributed by atoms with E-state index in [0.717, 1.165) is 0 Å². The monoisotopic (exact) mass is 243 g/mol. The largest absolute Gasteiger partial charge is 1.00 e. The van der Waals surface area contributed by atoms with Crippen LogP contribution in [0.15, 0.2) is 0 Å². The van der Waals surface area contributed by atoms with Crippen molar-refractivity contribution < 1.29 is 94.0 Å². The Bertz CT molecular complexity index is 66.7. The summed E-state index contributed by atoms with van der Waals surface area (Å²) in [6.07, 6.45) is 0. The van der Waals surface area contributed by atoms with E-state index in [1.54, 1.807) is 0 Å². The van der Waals surface area contributed by atoms with Gasteiger partial charge in [0, 0.05) is 54.4 Å². The van der Waals surface area contributed by atoms with Crippen molar-refractivity contribution in [3.63, 3.8) is 0 Å². The van der Waals surface area contributed by atoms with Crippen molar-refractivity contribution in [3.05, 3.63) is 0 Å². The topological polar surface area (TPSA) is 77.8 Å². The van der Waals surface area contributed by atoms with Gasteiger partial charge in [0.2, 0.25) is 0 Å².